The van der Waals surface area contributed by atoms with Gasteiger partial charge in [0.2, 0.25) is 17.7 Å². The topological polar surface area (TPSA) is 138 Å². The number of hydrogen-bond acceptors (Lipinski definition) is 7. The number of pyridine rings is 1. The highest BCUT2D eigenvalue weighted by Gasteiger charge is 2.29. The third kappa shape index (κ3) is 8.55. The molecule has 198 valence electrons. The van der Waals surface area contributed by atoms with Crippen molar-refractivity contribution in [1.82, 2.24) is 20.5 Å². The highest BCUT2D eigenvalue weighted by atomic mass is 16.6. The van der Waals surface area contributed by atoms with Crippen LogP contribution in [0.2, 0.25) is 0 Å². The maximum Gasteiger partial charge on any atom is 0.363 e. The van der Waals surface area contributed by atoms with Gasteiger partial charge in [0.05, 0.1) is 12.1 Å². The van der Waals surface area contributed by atoms with Crippen LogP contribution in [0.1, 0.15) is 38.2 Å². The Morgan fingerprint density at radius 1 is 1.03 bits per heavy atom. The SMILES string of the molecule is CCC(=O)NCCCC[C@H](NC(=O)Cc1ccccc1)C(=O)N1CCN(c2ccc([N+](=O)[O-])nc2)CC1. The van der Waals surface area contributed by atoms with Gasteiger partial charge in [-0.05, 0) is 40.8 Å². The van der Waals surface area contributed by atoms with Crippen LogP contribution in [0.3, 0.4) is 0 Å². The number of amides is 3. The van der Waals surface area contributed by atoms with E-state index in [1.807, 2.05) is 35.2 Å². The monoisotopic (exact) mass is 510 g/mol. The Kier molecular flexibility index (Phi) is 10.4. The summed E-state index contributed by atoms with van der Waals surface area (Å²) in [5.41, 5.74) is 1.64. The van der Waals surface area contributed by atoms with Crippen molar-refractivity contribution in [2.75, 3.05) is 37.6 Å². The van der Waals surface area contributed by atoms with E-state index < -0.39 is 11.0 Å². The van der Waals surface area contributed by atoms with Crippen LogP contribution in [0.5, 0.6) is 0 Å². The third-order valence-electron chi connectivity index (χ3n) is 6.28. The summed E-state index contributed by atoms with van der Waals surface area (Å²) in [5, 5.41) is 16.6. The molecular weight excluding hydrogens is 476 g/mol. The second-order valence-electron chi connectivity index (χ2n) is 8.93. The second kappa shape index (κ2) is 13.9. The number of carbonyl (C=O) groups is 3. The summed E-state index contributed by atoms with van der Waals surface area (Å²) in [5.74, 6) is -0.550. The van der Waals surface area contributed by atoms with E-state index in [1.54, 1.807) is 17.9 Å². The summed E-state index contributed by atoms with van der Waals surface area (Å²) in [6.45, 7) is 4.37. The number of piperazine rings is 1. The van der Waals surface area contributed by atoms with Crippen LogP contribution in [0.4, 0.5) is 11.5 Å². The maximum absolute atomic E-state index is 13.4. The molecule has 2 N–H and O–H groups in total. The lowest BCUT2D eigenvalue weighted by molar-refractivity contribution is -0.389. The average molecular weight is 511 g/mol. The van der Waals surface area contributed by atoms with Crippen LogP contribution in [0.25, 0.3) is 0 Å². The first-order chi connectivity index (χ1) is 17.9. The predicted molar refractivity (Wildman–Crippen MR) is 139 cm³/mol. The van der Waals surface area contributed by atoms with Gasteiger partial charge >= 0.3 is 5.82 Å². The molecule has 0 radical (unpaired) electrons. The zero-order chi connectivity index (χ0) is 26.6. The minimum atomic E-state index is -0.648. The molecule has 2 heterocycles. The van der Waals surface area contributed by atoms with Crippen LogP contribution in [0, 0.1) is 10.1 Å². The Balaban J connectivity index is 1.57. The first-order valence-corrected chi connectivity index (χ1v) is 12.6. The van der Waals surface area contributed by atoms with Gasteiger partial charge in [-0.2, -0.15) is 0 Å². The number of aromatic nitrogens is 1. The Morgan fingerprint density at radius 3 is 2.38 bits per heavy atom. The first-order valence-electron chi connectivity index (χ1n) is 12.6. The van der Waals surface area contributed by atoms with E-state index in [4.69, 9.17) is 0 Å². The summed E-state index contributed by atoms with van der Waals surface area (Å²) in [4.78, 5) is 55.5. The Morgan fingerprint density at radius 2 is 1.76 bits per heavy atom. The van der Waals surface area contributed by atoms with Crippen LogP contribution in [0.15, 0.2) is 48.7 Å². The number of carbonyl (C=O) groups excluding carboxylic acids is 3. The lowest BCUT2D eigenvalue weighted by Crippen LogP contribution is -2.55. The van der Waals surface area contributed by atoms with E-state index in [2.05, 4.69) is 15.6 Å². The number of benzene rings is 1. The maximum atomic E-state index is 13.4. The van der Waals surface area contributed by atoms with Gasteiger partial charge in [0.25, 0.3) is 0 Å². The average Bonchev–Trinajstić information content (AvgIpc) is 2.92. The summed E-state index contributed by atoms with van der Waals surface area (Å²) in [6.07, 6.45) is 3.97. The minimum Gasteiger partial charge on any atom is -0.365 e. The molecule has 0 unspecified atom stereocenters. The third-order valence-corrected chi connectivity index (χ3v) is 6.28. The molecule has 1 aliphatic rings. The zero-order valence-corrected chi connectivity index (χ0v) is 21.1. The van der Waals surface area contributed by atoms with Gasteiger partial charge in [-0.1, -0.05) is 37.3 Å². The van der Waals surface area contributed by atoms with Crippen LogP contribution < -0.4 is 15.5 Å². The van der Waals surface area contributed by atoms with Crippen molar-refractivity contribution >= 4 is 29.2 Å². The fourth-order valence-corrected chi connectivity index (χ4v) is 4.19. The molecule has 2 aromatic rings. The van der Waals surface area contributed by atoms with E-state index in [-0.39, 0.29) is 30.0 Å². The van der Waals surface area contributed by atoms with E-state index in [0.29, 0.717) is 58.4 Å². The highest BCUT2D eigenvalue weighted by molar-refractivity contribution is 5.88. The van der Waals surface area contributed by atoms with Crippen LogP contribution >= 0.6 is 0 Å². The van der Waals surface area contributed by atoms with Gasteiger partial charge in [0.1, 0.15) is 6.04 Å². The molecule has 0 spiro atoms. The van der Waals surface area contributed by atoms with Crippen molar-refractivity contribution in [2.45, 2.75) is 45.1 Å². The van der Waals surface area contributed by atoms with Gasteiger partial charge in [0.15, 0.2) is 6.20 Å². The lowest BCUT2D eigenvalue weighted by atomic mass is 10.1. The molecule has 1 saturated heterocycles. The summed E-state index contributed by atoms with van der Waals surface area (Å²) >= 11 is 0. The van der Waals surface area contributed by atoms with E-state index in [9.17, 15) is 24.5 Å². The fraction of sp³-hybridized carbons (Fsp3) is 0.462. The Bertz CT molecular complexity index is 1050. The molecule has 0 bridgehead atoms. The number of anilines is 1. The summed E-state index contributed by atoms with van der Waals surface area (Å²) in [6, 6.07) is 11.8. The van der Waals surface area contributed by atoms with Crippen LogP contribution in [-0.2, 0) is 20.8 Å². The molecule has 0 aliphatic carbocycles. The predicted octanol–water partition coefficient (Wildman–Crippen LogP) is 2.06. The minimum absolute atomic E-state index is 0.00937. The number of hydrogen-bond donors (Lipinski definition) is 2. The molecule has 3 rings (SSSR count). The van der Waals surface area contributed by atoms with Gasteiger partial charge in [0, 0.05) is 45.2 Å². The van der Waals surface area contributed by atoms with Gasteiger partial charge < -0.3 is 30.5 Å². The van der Waals surface area contributed by atoms with E-state index in [1.165, 1.54) is 12.3 Å². The zero-order valence-electron chi connectivity index (χ0n) is 21.1. The molecule has 1 fully saturated rings. The highest BCUT2D eigenvalue weighted by Crippen LogP contribution is 2.19. The Labute approximate surface area is 216 Å². The normalized spacial score (nSPS) is 14.1. The second-order valence-corrected chi connectivity index (χ2v) is 8.93. The fourth-order valence-electron chi connectivity index (χ4n) is 4.19. The van der Waals surface area contributed by atoms with Crippen molar-refractivity contribution in [2.24, 2.45) is 0 Å². The Hall–Kier alpha value is -4.02. The number of nitrogens with one attached hydrogen (secondary N) is 2. The standard InChI is InChI=1S/C26H34N6O5/c1-2-24(33)27-13-7-6-10-22(29-25(34)18-20-8-4-3-5-9-20)26(35)31-16-14-30(15-17-31)21-11-12-23(28-19-21)32(36)37/h3-5,8-9,11-12,19,22H,2,6-7,10,13-18H2,1H3,(H,27,33)(H,29,34)/t22-/m0/s1. The first kappa shape index (κ1) is 27.6. The summed E-state index contributed by atoms with van der Waals surface area (Å²) < 4.78 is 0. The smallest absolute Gasteiger partial charge is 0.363 e. The number of nitro groups is 1. The molecule has 1 aromatic carbocycles. The lowest BCUT2D eigenvalue weighted by Gasteiger charge is -2.37. The molecule has 1 aromatic heterocycles. The van der Waals surface area contributed by atoms with Crippen LogP contribution in [-0.4, -0.2) is 71.3 Å². The molecule has 3 amide bonds. The number of rotatable bonds is 12. The van der Waals surface area contributed by atoms with Crippen molar-refractivity contribution < 1.29 is 19.3 Å². The molecule has 1 atom stereocenters. The van der Waals surface area contributed by atoms with Crippen molar-refractivity contribution in [3.63, 3.8) is 0 Å². The largest absolute Gasteiger partial charge is 0.365 e. The van der Waals surface area contributed by atoms with E-state index in [0.717, 1.165) is 11.3 Å². The van der Waals surface area contributed by atoms with Gasteiger partial charge in [-0.25, -0.2) is 0 Å². The molecule has 0 saturated carbocycles. The van der Waals surface area contributed by atoms with Gasteiger partial charge in [-0.15, -0.1) is 0 Å². The van der Waals surface area contributed by atoms with Crippen molar-refractivity contribution in [3.8, 4) is 0 Å². The molecule has 37 heavy (non-hydrogen) atoms. The van der Waals surface area contributed by atoms with E-state index >= 15 is 0 Å². The molecule has 11 heteroatoms. The molecular formula is C26H34N6O5. The summed E-state index contributed by atoms with van der Waals surface area (Å²) in [7, 11) is 0. The quantitative estimate of drug-likeness (QED) is 0.253. The van der Waals surface area contributed by atoms with Gasteiger partial charge in [-0.3, -0.25) is 14.4 Å². The molecule has 1 aliphatic heterocycles. The number of unbranched alkanes of at least 4 members (excludes halogenated alkanes) is 1. The number of nitrogens with zero attached hydrogens (tertiary/aromatic N) is 4. The van der Waals surface area contributed by atoms with Crippen molar-refractivity contribution in [3.05, 3.63) is 64.3 Å². The molecule has 11 nitrogen and oxygen atoms in total. The van der Waals surface area contributed by atoms with Crippen molar-refractivity contribution in [1.29, 1.82) is 0 Å².